The molecular formula is C21H29FN4O2. The Kier molecular flexibility index (Phi) is 8.07. The maximum atomic E-state index is 13.1. The number of aliphatic imine (C=N–C) groups is 1. The number of likely N-dealkylation sites (N-methyl/N-ethyl adjacent to an activating group) is 1. The quantitative estimate of drug-likeness (QED) is 0.510. The van der Waals surface area contributed by atoms with E-state index in [9.17, 15) is 4.39 Å². The van der Waals surface area contributed by atoms with Crippen molar-refractivity contribution in [1.82, 2.24) is 10.2 Å². The van der Waals surface area contributed by atoms with Crippen molar-refractivity contribution in [2.45, 2.75) is 12.5 Å². The number of nitrogens with two attached hydrogens (primary N) is 1. The molecule has 2 rings (SSSR count). The summed E-state index contributed by atoms with van der Waals surface area (Å²) in [5.74, 6) is 1.54. The van der Waals surface area contributed by atoms with E-state index in [0.29, 0.717) is 30.5 Å². The molecule has 0 spiro atoms. The predicted molar refractivity (Wildman–Crippen MR) is 111 cm³/mol. The van der Waals surface area contributed by atoms with Crippen LogP contribution in [-0.2, 0) is 6.42 Å². The van der Waals surface area contributed by atoms with E-state index in [1.165, 1.54) is 12.1 Å². The zero-order valence-corrected chi connectivity index (χ0v) is 16.9. The average molecular weight is 388 g/mol. The van der Waals surface area contributed by atoms with Crippen LogP contribution < -0.4 is 20.5 Å². The number of nitrogens with zero attached hydrogens (tertiary/aromatic N) is 2. The second-order valence-electron chi connectivity index (χ2n) is 6.62. The molecule has 0 aromatic heterocycles. The van der Waals surface area contributed by atoms with Crippen LogP contribution in [0.1, 0.15) is 17.2 Å². The highest BCUT2D eigenvalue weighted by Gasteiger charge is 2.13. The zero-order valence-electron chi connectivity index (χ0n) is 16.9. The van der Waals surface area contributed by atoms with Crippen LogP contribution in [0.15, 0.2) is 47.5 Å². The van der Waals surface area contributed by atoms with Gasteiger partial charge in [-0.1, -0.05) is 18.2 Å². The minimum Gasteiger partial charge on any atom is -0.493 e. The van der Waals surface area contributed by atoms with E-state index in [1.54, 1.807) is 26.4 Å². The van der Waals surface area contributed by atoms with Crippen LogP contribution in [0.2, 0.25) is 0 Å². The summed E-state index contributed by atoms with van der Waals surface area (Å²) < 4.78 is 23.7. The van der Waals surface area contributed by atoms with Crippen LogP contribution in [0.25, 0.3) is 0 Å². The van der Waals surface area contributed by atoms with Gasteiger partial charge in [-0.15, -0.1) is 0 Å². The second kappa shape index (κ2) is 10.5. The van der Waals surface area contributed by atoms with Gasteiger partial charge in [0.2, 0.25) is 0 Å². The second-order valence-corrected chi connectivity index (χ2v) is 6.62. The number of hydrogen-bond acceptors (Lipinski definition) is 4. The number of hydrogen-bond donors (Lipinski definition) is 2. The smallest absolute Gasteiger partial charge is 0.188 e. The molecule has 0 amide bonds. The summed E-state index contributed by atoms with van der Waals surface area (Å²) in [4.78, 5) is 6.48. The van der Waals surface area contributed by atoms with Gasteiger partial charge in [0, 0.05) is 6.54 Å². The van der Waals surface area contributed by atoms with Crippen molar-refractivity contribution >= 4 is 5.96 Å². The summed E-state index contributed by atoms with van der Waals surface area (Å²) in [6, 6.07) is 12.3. The first kappa shape index (κ1) is 21.5. The summed E-state index contributed by atoms with van der Waals surface area (Å²) in [5, 5.41) is 3.13. The summed E-state index contributed by atoms with van der Waals surface area (Å²) in [6.07, 6.45) is 0.769. The van der Waals surface area contributed by atoms with Crippen molar-refractivity contribution in [2.24, 2.45) is 10.7 Å². The fraction of sp³-hybridized carbons (Fsp3) is 0.381. The molecule has 28 heavy (non-hydrogen) atoms. The van der Waals surface area contributed by atoms with Gasteiger partial charge in [0.1, 0.15) is 5.82 Å². The Morgan fingerprint density at radius 3 is 2.39 bits per heavy atom. The van der Waals surface area contributed by atoms with Gasteiger partial charge in [0.15, 0.2) is 17.5 Å². The lowest BCUT2D eigenvalue weighted by molar-refractivity contribution is 0.306. The topological polar surface area (TPSA) is 72.1 Å². The molecule has 0 aliphatic heterocycles. The number of ether oxygens (including phenoxy) is 2. The van der Waals surface area contributed by atoms with E-state index in [2.05, 4.69) is 10.3 Å². The molecule has 0 aliphatic carbocycles. The van der Waals surface area contributed by atoms with Crippen LogP contribution in [0, 0.1) is 5.82 Å². The van der Waals surface area contributed by atoms with Crippen LogP contribution in [0.3, 0.4) is 0 Å². The van der Waals surface area contributed by atoms with Gasteiger partial charge in [-0.2, -0.15) is 0 Å². The number of benzene rings is 2. The minimum atomic E-state index is -0.249. The van der Waals surface area contributed by atoms with E-state index < -0.39 is 0 Å². The van der Waals surface area contributed by atoms with E-state index >= 15 is 0 Å². The Bertz CT molecular complexity index is 778. The molecule has 1 atom stereocenters. The van der Waals surface area contributed by atoms with Crippen LogP contribution >= 0.6 is 0 Å². The average Bonchev–Trinajstić information content (AvgIpc) is 2.69. The molecule has 0 heterocycles. The minimum absolute atomic E-state index is 0.0202. The van der Waals surface area contributed by atoms with E-state index in [1.807, 2.05) is 37.2 Å². The lowest BCUT2D eigenvalue weighted by Gasteiger charge is -2.23. The van der Waals surface area contributed by atoms with E-state index in [-0.39, 0.29) is 11.9 Å². The third-order valence-corrected chi connectivity index (χ3v) is 4.48. The maximum Gasteiger partial charge on any atom is 0.188 e. The monoisotopic (exact) mass is 388 g/mol. The molecule has 0 radical (unpaired) electrons. The first-order chi connectivity index (χ1) is 13.4. The van der Waals surface area contributed by atoms with Crippen molar-refractivity contribution in [3.63, 3.8) is 0 Å². The lowest BCUT2D eigenvalue weighted by atomic mass is 10.1. The Morgan fingerprint density at radius 2 is 1.79 bits per heavy atom. The predicted octanol–water partition coefficient (Wildman–Crippen LogP) is 2.59. The molecule has 0 saturated heterocycles. The zero-order chi connectivity index (χ0) is 20.5. The Balaban J connectivity index is 1.90. The molecule has 152 valence electrons. The highest BCUT2D eigenvalue weighted by Crippen LogP contribution is 2.27. The number of nitrogens with one attached hydrogen (secondary N) is 1. The number of rotatable bonds is 9. The Labute approximate surface area is 166 Å². The van der Waals surface area contributed by atoms with E-state index in [4.69, 9.17) is 15.2 Å². The van der Waals surface area contributed by atoms with Crippen molar-refractivity contribution in [1.29, 1.82) is 0 Å². The molecular weight excluding hydrogens is 359 g/mol. The molecule has 1 unspecified atom stereocenters. The van der Waals surface area contributed by atoms with Crippen LogP contribution in [0.4, 0.5) is 4.39 Å². The Morgan fingerprint density at radius 1 is 1.11 bits per heavy atom. The van der Waals surface area contributed by atoms with Gasteiger partial charge in [-0.3, -0.25) is 4.99 Å². The highest BCUT2D eigenvalue weighted by atomic mass is 19.1. The van der Waals surface area contributed by atoms with Crippen molar-refractivity contribution in [3.05, 3.63) is 59.4 Å². The first-order valence-corrected chi connectivity index (χ1v) is 9.11. The molecule has 0 fully saturated rings. The standard InChI is InChI=1S/C21H29FN4O2/c1-26(2)18(16-6-8-17(22)9-7-16)14-25-21(23)24-12-11-15-5-10-19(27-3)20(13-15)28-4/h5-10,13,18H,11-12,14H2,1-4H3,(H3,23,24,25). The van der Waals surface area contributed by atoms with Crippen molar-refractivity contribution in [3.8, 4) is 11.5 Å². The number of methoxy groups -OCH3 is 2. The molecule has 2 aromatic rings. The van der Waals surface area contributed by atoms with Crippen molar-refractivity contribution < 1.29 is 13.9 Å². The SMILES string of the molecule is COc1ccc(CCNC(N)=NCC(c2ccc(F)cc2)N(C)C)cc1OC. The molecule has 3 N–H and O–H groups in total. The maximum absolute atomic E-state index is 13.1. The third-order valence-electron chi connectivity index (χ3n) is 4.48. The van der Waals surface area contributed by atoms with Gasteiger partial charge in [0.25, 0.3) is 0 Å². The third kappa shape index (κ3) is 6.13. The first-order valence-electron chi connectivity index (χ1n) is 9.11. The molecule has 7 heteroatoms. The lowest BCUT2D eigenvalue weighted by Crippen LogP contribution is -2.34. The van der Waals surface area contributed by atoms with Crippen molar-refractivity contribution in [2.75, 3.05) is 41.4 Å². The van der Waals surface area contributed by atoms with Crippen LogP contribution in [0.5, 0.6) is 11.5 Å². The van der Waals surface area contributed by atoms with Gasteiger partial charge >= 0.3 is 0 Å². The van der Waals surface area contributed by atoms with Gasteiger partial charge in [-0.25, -0.2) is 4.39 Å². The molecule has 0 bridgehead atoms. The van der Waals surface area contributed by atoms with E-state index in [0.717, 1.165) is 17.5 Å². The van der Waals surface area contributed by atoms with Crippen LogP contribution in [-0.4, -0.2) is 52.3 Å². The summed E-state index contributed by atoms with van der Waals surface area (Å²) in [6.45, 7) is 1.13. The fourth-order valence-electron chi connectivity index (χ4n) is 2.86. The molecule has 2 aromatic carbocycles. The van der Waals surface area contributed by atoms with Gasteiger partial charge in [-0.05, 0) is 55.9 Å². The number of guanidine groups is 1. The molecule has 0 saturated carbocycles. The molecule has 6 nitrogen and oxygen atoms in total. The Hall–Kier alpha value is -2.80. The van der Waals surface area contributed by atoms with Gasteiger partial charge < -0.3 is 25.4 Å². The summed E-state index contributed by atoms with van der Waals surface area (Å²) >= 11 is 0. The molecule has 0 aliphatic rings. The summed E-state index contributed by atoms with van der Waals surface area (Å²) in [5.41, 5.74) is 8.11. The van der Waals surface area contributed by atoms with Gasteiger partial charge in [0.05, 0.1) is 26.8 Å². The normalized spacial score (nSPS) is 12.7. The summed E-state index contributed by atoms with van der Waals surface area (Å²) in [7, 11) is 7.16. The fourth-order valence-corrected chi connectivity index (χ4v) is 2.86. The largest absolute Gasteiger partial charge is 0.493 e. The number of halogens is 1. The highest BCUT2D eigenvalue weighted by molar-refractivity contribution is 5.77.